The van der Waals surface area contributed by atoms with E-state index < -0.39 is 6.10 Å². The van der Waals surface area contributed by atoms with Crippen LogP contribution in [0.25, 0.3) is 0 Å². The Bertz CT molecular complexity index is 638. The first-order valence-electron chi connectivity index (χ1n) is 7.29. The second-order valence-electron chi connectivity index (χ2n) is 5.45. The molecule has 1 N–H and O–H groups in total. The van der Waals surface area contributed by atoms with Crippen LogP contribution < -0.4 is 10.1 Å². The Morgan fingerprint density at radius 1 is 1.05 bits per heavy atom. The van der Waals surface area contributed by atoms with Crippen LogP contribution in [0.2, 0.25) is 0 Å². The van der Waals surface area contributed by atoms with Crippen molar-refractivity contribution in [3.63, 3.8) is 0 Å². The Morgan fingerprint density at radius 2 is 1.68 bits per heavy atom. The first-order chi connectivity index (χ1) is 10.5. The Balaban J connectivity index is 2.04. The lowest BCUT2D eigenvalue weighted by Gasteiger charge is -2.17. The van der Waals surface area contributed by atoms with Crippen molar-refractivity contribution in [2.24, 2.45) is 0 Å². The lowest BCUT2D eigenvalue weighted by molar-refractivity contribution is -0.122. The van der Waals surface area contributed by atoms with Crippen LogP contribution in [0.15, 0.2) is 53.0 Å². The van der Waals surface area contributed by atoms with E-state index in [0.717, 1.165) is 15.7 Å². The zero-order valence-corrected chi connectivity index (χ0v) is 14.6. The molecule has 2 rings (SSSR count). The van der Waals surface area contributed by atoms with E-state index in [2.05, 4.69) is 35.1 Å². The molecule has 0 aliphatic heterocycles. The quantitative estimate of drug-likeness (QED) is 0.815. The van der Waals surface area contributed by atoms with Gasteiger partial charge in [0.2, 0.25) is 0 Å². The summed E-state index contributed by atoms with van der Waals surface area (Å²) in [5.41, 5.74) is 1.96. The summed E-state index contributed by atoms with van der Waals surface area (Å²) >= 11 is 3.37. The molecular formula is C18H20BrNO2. The topological polar surface area (TPSA) is 38.3 Å². The highest BCUT2D eigenvalue weighted by molar-refractivity contribution is 9.10. The van der Waals surface area contributed by atoms with E-state index in [1.54, 1.807) is 6.92 Å². The third-order valence-corrected chi connectivity index (χ3v) is 3.87. The average Bonchev–Trinajstić information content (AvgIpc) is 2.49. The standard InChI is InChI=1S/C18H20BrNO2/c1-12(2)16-6-4-5-7-17(16)20-18(21)13(3)22-15-10-8-14(19)9-11-15/h4-13H,1-3H3,(H,20,21)/t13-/m1/s1. The first-order valence-corrected chi connectivity index (χ1v) is 8.08. The lowest BCUT2D eigenvalue weighted by Crippen LogP contribution is -2.30. The van der Waals surface area contributed by atoms with Gasteiger partial charge in [0, 0.05) is 10.2 Å². The predicted octanol–water partition coefficient (Wildman–Crippen LogP) is 4.98. The molecule has 0 saturated carbocycles. The number of nitrogens with one attached hydrogen (secondary N) is 1. The fourth-order valence-corrected chi connectivity index (χ4v) is 2.38. The molecule has 0 radical (unpaired) electrons. The first kappa shape index (κ1) is 16.6. The number of carbonyl (C=O) groups excluding carboxylic acids is 1. The van der Waals surface area contributed by atoms with Gasteiger partial charge < -0.3 is 10.1 Å². The largest absolute Gasteiger partial charge is 0.481 e. The van der Waals surface area contributed by atoms with Crippen LogP contribution in [-0.2, 0) is 4.79 Å². The van der Waals surface area contributed by atoms with Crippen molar-refractivity contribution in [3.05, 3.63) is 58.6 Å². The number of amides is 1. The van der Waals surface area contributed by atoms with E-state index in [1.165, 1.54) is 0 Å². The number of hydrogen-bond donors (Lipinski definition) is 1. The summed E-state index contributed by atoms with van der Waals surface area (Å²) in [6.07, 6.45) is -0.568. The molecule has 1 atom stereocenters. The van der Waals surface area contributed by atoms with E-state index >= 15 is 0 Å². The molecule has 0 aliphatic carbocycles. The van der Waals surface area contributed by atoms with Gasteiger partial charge in [0.05, 0.1) is 0 Å². The molecule has 4 heteroatoms. The minimum Gasteiger partial charge on any atom is -0.481 e. The molecule has 0 saturated heterocycles. The Hall–Kier alpha value is -1.81. The highest BCUT2D eigenvalue weighted by atomic mass is 79.9. The van der Waals surface area contributed by atoms with Gasteiger partial charge in [0.15, 0.2) is 6.10 Å². The van der Waals surface area contributed by atoms with E-state index in [1.807, 2.05) is 48.5 Å². The lowest BCUT2D eigenvalue weighted by atomic mass is 10.0. The van der Waals surface area contributed by atoms with Crippen LogP contribution >= 0.6 is 15.9 Å². The molecule has 0 heterocycles. The predicted molar refractivity (Wildman–Crippen MR) is 93.4 cm³/mol. The average molecular weight is 362 g/mol. The van der Waals surface area contributed by atoms with Crippen molar-refractivity contribution in [2.45, 2.75) is 32.8 Å². The number of halogens is 1. The number of carbonyl (C=O) groups is 1. The molecule has 0 unspecified atom stereocenters. The maximum atomic E-state index is 12.3. The molecule has 22 heavy (non-hydrogen) atoms. The third-order valence-electron chi connectivity index (χ3n) is 3.34. The molecule has 116 valence electrons. The number of ether oxygens (including phenoxy) is 1. The number of anilines is 1. The van der Waals surface area contributed by atoms with Gasteiger partial charge >= 0.3 is 0 Å². The van der Waals surface area contributed by atoms with Crippen LogP contribution in [0.3, 0.4) is 0 Å². The fourth-order valence-electron chi connectivity index (χ4n) is 2.12. The van der Waals surface area contributed by atoms with Crippen LogP contribution in [0.1, 0.15) is 32.3 Å². The zero-order valence-electron chi connectivity index (χ0n) is 13.0. The Kier molecular flexibility index (Phi) is 5.61. The van der Waals surface area contributed by atoms with E-state index in [4.69, 9.17) is 4.74 Å². The van der Waals surface area contributed by atoms with Gasteiger partial charge in [-0.05, 0) is 48.7 Å². The minimum absolute atomic E-state index is 0.156. The molecule has 0 bridgehead atoms. The second-order valence-corrected chi connectivity index (χ2v) is 6.36. The third kappa shape index (κ3) is 4.34. The molecule has 0 spiro atoms. The van der Waals surface area contributed by atoms with Crippen molar-refractivity contribution in [2.75, 3.05) is 5.32 Å². The highest BCUT2D eigenvalue weighted by Crippen LogP contribution is 2.24. The number of para-hydroxylation sites is 1. The van der Waals surface area contributed by atoms with Gasteiger partial charge in [-0.2, -0.15) is 0 Å². The highest BCUT2D eigenvalue weighted by Gasteiger charge is 2.16. The molecule has 3 nitrogen and oxygen atoms in total. The summed E-state index contributed by atoms with van der Waals surface area (Å²) < 4.78 is 6.65. The van der Waals surface area contributed by atoms with Gasteiger partial charge in [-0.25, -0.2) is 0 Å². The molecule has 0 aromatic heterocycles. The molecule has 0 aliphatic rings. The van der Waals surface area contributed by atoms with Crippen molar-refractivity contribution in [1.82, 2.24) is 0 Å². The van der Waals surface area contributed by atoms with Crippen LogP contribution in [0.5, 0.6) is 5.75 Å². The van der Waals surface area contributed by atoms with Crippen molar-refractivity contribution in [1.29, 1.82) is 0 Å². The number of rotatable bonds is 5. The van der Waals surface area contributed by atoms with Crippen LogP contribution in [-0.4, -0.2) is 12.0 Å². The molecule has 2 aromatic rings. The van der Waals surface area contributed by atoms with E-state index in [-0.39, 0.29) is 5.91 Å². The maximum absolute atomic E-state index is 12.3. The smallest absolute Gasteiger partial charge is 0.265 e. The molecule has 1 amide bonds. The normalized spacial score (nSPS) is 12.0. The monoisotopic (exact) mass is 361 g/mol. The Labute approximate surface area is 139 Å². The van der Waals surface area contributed by atoms with Gasteiger partial charge in [0.25, 0.3) is 5.91 Å². The van der Waals surface area contributed by atoms with E-state index in [0.29, 0.717) is 11.7 Å². The van der Waals surface area contributed by atoms with Crippen molar-refractivity contribution in [3.8, 4) is 5.75 Å². The van der Waals surface area contributed by atoms with E-state index in [9.17, 15) is 4.79 Å². The number of benzene rings is 2. The van der Waals surface area contributed by atoms with Crippen molar-refractivity contribution < 1.29 is 9.53 Å². The summed E-state index contributed by atoms with van der Waals surface area (Å²) in [5, 5.41) is 2.95. The SMILES string of the molecule is CC(C)c1ccccc1NC(=O)[C@@H](C)Oc1ccc(Br)cc1. The van der Waals surface area contributed by atoms with Gasteiger partial charge in [-0.1, -0.05) is 48.0 Å². The minimum atomic E-state index is -0.568. The fraction of sp³-hybridized carbons (Fsp3) is 0.278. The van der Waals surface area contributed by atoms with Crippen LogP contribution in [0.4, 0.5) is 5.69 Å². The number of hydrogen-bond acceptors (Lipinski definition) is 2. The molecular weight excluding hydrogens is 342 g/mol. The molecule has 0 fully saturated rings. The summed E-state index contributed by atoms with van der Waals surface area (Å²) in [4.78, 5) is 12.3. The molecule has 2 aromatic carbocycles. The van der Waals surface area contributed by atoms with Gasteiger partial charge in [-0.3, -0.25) is 4.79 Å². The summed E-state index contributed by atoms with van der Waals surface area (Å²) in [5.74, 6) is 0.859. The second kappa shape index (κ2) is 7.45. The Morgan fingerprint density at radius 3 is 2.32 bits per heavy atom. The summed E-state index contributed by atoms with van der Waals surface area (Å²) in [6.45, 7) is 5.95. The van der Waals surface area contributed by atoms with Gasteiger partial charge in [0.1, 0.15) is 5.75 Å². The van der Waals surface area contributed by atoms with Crippen LogP contribution in [0, 0.1) is 0 Å². The van der Waals surface area contributed by atoms with Crippen molar-refractivity contribution >= 4 is 27.5 Å². The maximum Gasteiger partial charge on any atom is 0.265 e. The summed E-state index contributed by atoms with van der Waals surface area (Å²) in [6, 6.07) is 15.3. The summed E-state index contributed by atoms with van der Waals surface area (Å²) in [7, 11) is 0. The zero-order chi connectivity index (χ0) is 16.1. The van der Waals surface area contributed by atoms with Gasteiger partial charge in [-0.15, -0.1) is 0 Å².